The van der Waals surface area contributed by atoms with Crippen LogP contribution in [-0.2, 0) is 0 Å². The Kier molecular flexibility index (Phi) is 7.32. The highest BCUT2D eigenvalue weighted by Crippen LogP contribution is 2.39. The molecule has 226 valence electrons. The van der Waals surface area contributed by atoms with Gasteiger partial charge in [0.2, 0.25) is 0 Å². The monoisotopic (exact) mass is 627 g/mol. The molecule has 9 nitrogen and oxygen atoms in total. The van der Waals surface area contributed by atoms with Gasteiger partial charge < -0.3 is 4.57 Å². The van der Waals surface area contributed by atoms with Crippen LogP contribution in [0.4, 0.5) is 0 Å². The number of fused-ring (bicyclic) bond motifs is 3. The maximum Gasteiger partial charge on any atom is 0.164 e. The summed E-state index contributed by atoms with van der Waals surface area (Å²) in [6, 6.07) is 38.5. The van der Waals surface area contributed by atoms with Gasteiger partial charge in [-0.05, 0) is 90.7 Å². The number of nitriles is 5. The summed E-state index contributed by atoms with van der Waals surface area (Å²) < 4.78 is 2.05. The highest BCUT2D eigenvalue weighted by molar-refractivity contribution is 6.11. The van der Waals surface area contributed by atoms with E-state index in [1.807, 2.05) is 48.5 Å². The van der Waals surface area contributed by atoms with Crippen molar-refractivity contribution in [2.45, 2.75) is 13.8 Å². The minimum absolute atomic E-state index is 0.377. The maximum atomic E-state index is 10.3. The van der Waals surface area contributed by atoms with E-state index in [0.29, 0.717) is 67.7 Å². The molecule has 49 heavy (non-hydrogen) atoms. The van der Waals surface area contributed by atoms with E-state index in [-0.39, 0.29) is 0 Å². The molecule has 0 aliphatic heterocycles. The van der Waals surface area contributed by atoms with E-state index in [9.17, 15) is 26.3 Å². The third kappa shape index (κ3) is 5.15. The Hall–Kier alpha value is -7.64. The molecule has 0 saturated carbocycles. The molecule has 7 rings (SSSR count). The first-order valence-corrected chi connectivity index (χ1v) is 15.1. The standard InChI is InChI=1S/C40H21N9/c1-23-46-24(2)48-40(47-23)35-12-7-32(15-31(35)22-45)49-38-16-27(33-8-3-25(18-41)13-29(33)20-43)5-10-36(38)37-11-6-28(17-39(37)49)34-9-4-26(19-42)14-30(34)21-44/h3-17H,1-2H3. The topological polar surface area (TPSA) is 163 Å². The first-order valence-electron chi connectivity index (χ1n) is 15.1. The molecule has 9 heteroatoms. The molecular formula is C40H21N9. The lowest BCUT2D eigenvalue weighted by Crippen LogP contribution is -2.01. The molecule has 2 heterocycles. The van der Waals surface area contributed by atoms with E-state index < -0.39 is 0 Å². The van der Waals surface area contributed by atoms with Gasteiger partial charge in [-0.3, -0.25) is 0 Å². The lowest BCUT2D eigenvalue weighted by atomic mass is 9.96. The van der Waals surface area contributed by atoms with Crippen molar-refractivity contribution >= 4 is 21.8 Å². The van der Waals surface area contributed by atoms with E-state index >= 15 is 0 Å². The van der Waals surface area contributed by atoms with Crippen molar-refractivity contribution in [3.8, 4) is 69.7 Å². The summed E-state index contributed by atoms with van der Waals surface area (Å²) in [6.07, 6.45) is 0. The van der Waals surface area contributed by atoms with Gasteiger partial charge in [0.1, 0.15) is 11.6 Å². The van der Waals surface area contributed by atoms with Crippen LogP contribution in [0.3, 0.4) is 0 Å². The lowest BCUT2D eigenvalue weighted by molar-refractivity contribution is 0.928. The lowest BCUT2D eigenvalue weighted by Gasteiger charge is -2.13. The Morgan fingerprint density at radius 2 is 0.939 bits per heavy atom. The van der Waals surface area contributed by atoms with Crippen molar-refractivity contribution in [1.82, 2.24) is 19.5 Å². The third-order valence-electron chi connectivity index (χ3n) is 8.41. The minimum atomic E-state index is 0.377. The van der Waals surface area contributed by atoms with Gasteiger partial charge in [0.15, 0.2) is 5.82 Å². The second kappa shape index (κ2) is 11.9. The molecule has 0 fully saturated rings. The van der Waals surface area contributed by atoms with Crippen molar-refractivity contribution in [2.75, 3.05) is 0 Å². The molecular weight excluding hydrogens is 607 g/mol. The fourth-order valence-corrected chi connectivity index (χ4v) is 6.24. The molecule has 2 aromatic heterocycles. The zero-order valence-corrected chi connectivity index (χ0v) is 26.2. The predicted octanol–water partition coefficient (Wildman–Crippen LogP) is 7.94. The summed E-state index contributed by atoms with van der Waals surface area (Å²) in [4.78, 5) is 13.2. The fourth-order valence-electron chi connectivity index (χ4n) is 6.24. The molecule has 0 bridgehead atoms. The molecule has 0 aliphatic carbocycles. The fraction of sp³-hybridized carbons (Fsp3) is 0.0500. The number of aromatic nitrogens is 4. The Labute approximate surface area is 281 Å². The number of nitrogens with zero attached hydrogens (tertiary/aromatic N) is 9. The van der Waals surface area contributed by atoms with Crippen molar-refractivity contribution in [3.63, 3.8) is 0 Å². The molecule has 0 amide bonds. The van der Waals surface area contributed by atoms with Crippen LogP contribution in [0.1, 0.15) is 39.5 Å². The van der Waals surface area contributed by atoms with E-state index in [1.54, 1.807) is 56.3 Å². The van der Waals surface area contributed by atoms with Crippen LogP contribution < -0.4 is 0 Å². The summed E-state index contributed by atoms with van der Waals surface area (Å²) in [5.41, 5.74) is 7.80. The molecule has 0 unspecified atom stereocenters. The van der Waals surface area contributed by atoms with E-state index in [2.05, 4.69) is 49.9 Å². The Balaban J connectivity index is 1.52. The summed E-state index contributed by atoms with van der Waals surface area (Å²) in [5.74, 6) is 1.52. The van der Waals surface area contributed by atoms with E-state index in [1.165, 1.54) is 0 Å². The summed E-state index contributed by atoms with van der Waals surface area (Å²) >= 11 is 0. The average molecular weight is 628 g/mol. The van der Waals surface area contributed by atoms with Gasteiger partial charge in [0, 0.05) is 22.0 Å². The van der Waals surface area contributed by atoms with Crippen molar-refractivity contribution in [2.24, 2.45) is 0 Å². The predicted molar refractivity (Wildman–Crippen MR) is 184 cm³/mol. The van der Waals surface area contributed by atoms with Crippen molar-refractivity contribution in [1.29, 1.82) is 26.3 Å². The molecule has 0 N–H and O–H groups in total. The zero-order chi connectivity index (χ0) is 34.2. The minimum Gasteiger partial charge on any atom is -0.309 e. The van der Waals surface area contributed by atoms with Crippen molar-refractivity contribution in [3.05, 3.63) is 130 Å². The van der Waals surface area contributed by atoms with Crippen LogP contribution in [0, 0.1) is 70.5 Å². The van der Waals surface area contributed by atoms with E-state index in [0.717, 1.165) is 32.9 Å². The SMILES string of the molecule is Cc1nc(C)nc(-c2ccc(-n3c4cc(-c5ccc(C#N)cc5C#N)ccc4c4ccc(-c5ccc(C#N)cc5C#N)cc43)cc2C#N)n1. The smallest absolute Gasteiger partial charge is 0.164 e. The molecule has 0 aliphatic rings. The Morgan fingerprint density at radius 3 is 1.41 bits per heavy atom. The van der Waals surface area contributed by atoms with Crippen LogP contribution in [-0.4, -0.2) is 19.5 Å². The van der Waals surface area contributed by atoms with Crippen LogP contribution in [0.15, 0.2) is 91.0 Å². The zero-order valence-electron chi connectivity index (χ0n) is 26.2. The number of hydrogen-bond donors (Lipinski definition) is 0. The highest BCUT2D eigenvalue weighted by atomic mass is 15.0. The average Bonchev–Trinajstić information content (AvgIpc) is 3.46. The second-order valence-corrected chi connectivity index (χ2v) is 11.4. The number of rotatable bonds is 4. The normalized spacial score (nSPS) is 10.6. The van der Waals surface area contributed by atoms with Gasteiger partial charge in [-0.2, -0.15) is 26.3 Å². The summed E-state index contributed by atoms with van der Waals surface area (Å²) in [7, 11) is 0. The first kappa shape index (κ1) is 30.0. The Morgan fingerprint density at radius 1 is 0.469 bits per heavy atom. The van der Waals surface area contributed by atoms with Gasteiger partial charge >= 0.3 is 0 Å². The maximum absolute atomic E-state index is 10.3. The van der Waals surface area contributed by atoms with Gasteiger partial charge in [0.25, 0.3) is 0 Å². The first-order chi connectivity index (χ1) is 23.8. The molecule has 7 aromatic rings. The quantitative estimate of drug-likeness (QED) is 0.190. The van der Waals surface area contributed by atoms with Crippen LogP contribution in [0.2, 0.25) is 0 Å². The molecule has 0 spiro atoms. The molecule has 5 aromatic carbocycles. The molecule has 0 saturated heterocycles. The summed E-state index contributed by atoms with van der Waals surface area (Å²) in [6.45, 7) is 3.56. The van der Waals surface area contributed by atoms with Gasteiger partial charge in [-0.1, -0.05) is 36.4 Å². The molecule has 0 radical (unpaired) electrons. The Bertz CT molecular complexity index is 2600. The van der Waals surface area contributed by atoms with Gasteiger partial charge in [-0.15, -0.1) is 0 Å². The number of hydrogen-bond acceptors (Lipinski definition) is 8. The third-order valence-corrected chi connectivity index (χ3v) is 8.41. The van der Waals surface area contributed by atoms with Crippen LogP contribution in [0.25, 0.3) is 61.1 Å². The summed E-state index contributed by atoms with van der Waals surface area (Å²) in [5, 5.41) is 50.9. The molecule has 0 atom stereocenters. The van der Waals surface area contributed by atoms with Crippen LogP contribution in [0.5, 0.6) is 0 Å². The van der Waals surface area contributed by atoms with Gasteiger partial charge in [0.05, 0.1) is 69.2 Å². The van der Waals surface area contributed by atoms with Gasteiger partial charge in [-0.25, -0.2) is 15.0 Å². The van der Waals surface area contributed by atoms with Crippen LogP contribution >= 0.6 is 0 Å². The highest BCUT2D eigenvalue weighted by Gasteiger charge is 2.19. The van der Waals surface area contributed by atoms with E-state index in [4.69, 9.17) is 0 Å². The number of benzene rings is 5. The largest absolute Gasteiger partial charge is 0.309 e. The second-order valence-electron chi connectivity index (χ2n) is 11.4. The van der Waals surface area contributed by atoms with Crippen molar-refractivity contribution < 1.29 is 0 Å². The number of aryl methyl sites for hydroxylation is 2.